The first kappa shape index (κ1) is 12.8. The van der Waals surface area contributed by atoms with Crippen molar-refractivity contribution in [3.05, 3.63) is 60.0 Å². The predicted molar refractivity (Wildman–Crippen MR) is 85.0 cm³/mol. The van der Waals surface area contributed by atoms with Crippen LogP contribution in [0.15, 0.2) is 60.0 Å². The molecule has 1 heterocycles. The number of hydrogen-bond donors (Lipinski definition) is 0. The van der Waals surface area contributed by atoms with Crippen molar-refractivity contribution in [3.8, 4) is 0 Å². The van der Waals surface area contributed by atoms with Gasteiger partial charge in [-0.3, -0.25) is 0 Å². The molecular weight excluding hydrogens is 399 g/mol. The Morgan fingerprint density at radius 3 is 2.39 bits per heavy atom. The number of rotatable bonds is 2. The van der Waals surface area contributed by atoms with Gasteiger partial charge in [-0.2, -0.15) is 0 Å². The molecule has 0 aliphatic rings. The van der Waals surface area contributed by atoms with Gasteiger partial charge in [0.2, 0.25) is 0 Å². The molecule has 0 saturated carbocycles. The van der Waals surface area contributed by atoms with Gasteiger partial charge >= 0.3 is 122 Å². The normalized spacial score (nSPS) is 12.8. The third-order valence-electron chi connectivity index (χ3n) is 2.77. The Morgan fingerprint density at radius 2 is 1.61 bits per heavy atom. The van der Waals surface area contributed by atoms with Gasteiger partial charge in [0.05, 0.1) is 0 Å². The predicted octanol–water partition coefficient (Wildman–Crippen LogP) is 3.94. The third-order valence-corrected chi connectivity index (χ3v) is 16.0. The Bertz CT molecular complexity index is 672. The van der Waals surface area contributed by atoms with Crippen LogP contribution in [0, 0.1) is 0 Å². The Hall–Kier alpha value is -0.230. The Kier molecular flexibility index (Phi) is 3.58. The Balaban J connectivity index is 2.26. The fraction of sp³-hybridized carbons (Fsp3) is 0. The average molecular weight is 409 g/mol. The maximum atomic E-state index is 6.77. The Morgan fingerprint density at radius 1 is 0.833 bits per heavy atom. The van der Waals surface area contributed by atoms with Gasteiger partial charge < -0.3 is 0 Å². The zero-order valence-electron chi connectivity index (χ0n) is 9.35. The first-order chi connectivity index (χ1) is 8.69. The van der Waals surface area contributed by atoms with Crippen LogP contribution in [0.1, 0.15) is 0 Å². The Labute approximate surface area is 121 Å². The molecular formula is C14H10Cl2STe. The van der Waals surface area contributed by atoms with Crippen molar-refractivity contribution in [2.45, 2.75) is 0 Å². The standard InChI is InChI=1S/C14H10Cl2STe/c15-18(16,14-9-4-10-17-14)13-8-3-6-11-5-1-2-7-12(11)13/h1-10H. The number of halogens is 2. The third kappa shape index (κ3) is 2.17. The van der Waals surface area contributed by atoms with Gasteiger partial charge in [0.1, 0.15) is 0 Å². The van der Waals surface area contributed by atoms with Crippen molar-refractivity contribution in [2.24, 2.45) is 0 Å². The molecule has 92 valence electrons. The molecule has 0 bridgehead atoms. The van der Waals surface area contributed by atoms with E-state index in [1.165, 1.54) is 10.8 Å². The van der Waals surface area contributed by atoms with Crippen LogP contribution in [-0.2, 0) is 0 Å². The van der Waals surface area contributed by atoms with Crippen molar-refractivity contribution in [1.82, 2.24) is 0 Å². The fourth-order valence-corrected chi connectivity index (χ4v) is 11.9. The van der Waals surface area contributed by atoms with Crippen molar-refractivity contribution in [3.63, 3.8) is 0 Å². The first-order valence-electron chi connectivity index (χ1n) is 5.43. The van der Waals surface area contributed by atoms with E-state index in [-0.39, 0.29) is 0 Å². The van der Waals surface area contributed by atoms with Gasteiger partial charge in [0, 0.05) is 0 Å². The van der Waals surface area contributed by atoms with Crippen LogP contribution in [-0.4, -0.2) is 15.9 Å². The van der Waals surface area contributed by atoms with E-state index in [2.05, 4.69) is 24.3 Å². The molecule has 0 atom stereocenters. The number of hydrogen-bond acceptors (Lipinski definition) is 1. The van der Waals surface area contributed by atoms with Crippen molar-refractivity contribution >= 4 is 62.5 Å². The van der Waals surface area contributed by atoms with E-state index >= 15 is 0 Å². The molecule has 2 aromatic carbocycles. The molecule has 0 nitrogen and oxygen atoms in total. The number of fused-ring (bicyclic) bond motifs is 1. The second-order valence-electron chi connectivity index (χ2n) is 3.88. The van der Waals surface area contributed by atoms with Crippen LogP contribution < -0.4 is 6.54 Å². The molecule has 0 N–H and O–H groups in total. The van der Waals surface area contributed by atoms with Gasteiger partial charge in [-0.25, -0.2) is 0 Å². The minimum absolute atomic E-state index is 1.13. The summed E-state index contributed by atoms with van der Waals surface area (Å²) >= 11 is -1.54. The van der Waals surface area contributed by atoms with Crippen molar-refractivity contribution in [1.29, 1.82) is 0 Å². The molecule has 3 aromatic rings. The molecule has 0 saturated heterocycles. The monoisotopic (exact) mass is 410 g/mol. The molecule has 0 aliphatic heterocycles. The topological polar surface area (TPSA) is 0 Å². The van der Waals surface area contributed by atoms with Gasteiger partial charge in [0.25, 0.3) is 0 Å². The van der Waals surface area contributed by atoms with Crippen LogP contribution in [0.4, 0.5) is 0 Å². The molecule has 0 unspecified atom stereocenters. The second-order valence-corrected chi connectivity index (χ2v) is 18.1. The first-order valence-corrected chi connectivity index (χ1v) is 14.5. The SMILES string of the molecule is Cl[Te](Cl)(c1cccs1)c1cccc2ccccc12. The van der Waals surface area contributed by atoms with Gasteiger partial charge in [-0.15, -0.1) is 0 Å². The summed E-state index contributed by atoms with van der Waals surface area (Å²) in [5.74, 6) is 0. The van der Waals surface area contributed by atoms with Gasteiger partial charge in [-0.05, 0) is 0 Å². The summed E-state index contributed by atoms with van der Waals surface area (Å²) in [6, 6.07) is 18.5. The summed E-state index contributed by atoms with van der Waals surface area (Å²) in [7, 11) is 13.5. The van der Waals surface area contributed by atoms with E-state index in [4.69, 9.17) is 17.9 Å². The molecule has 18 heavy (non-hydrogen) atoms. The fourth-order valence-electron chi connectivity index (χ4n) is 1.94. The molecule has 0 fully saturated rings. The van der Waals surface area contributed by atoms with Crippen LogP contribution >= 0.6 is 29.3 Å². The van der Waals surface area contributed by atoms with Crippen LogP contribution in [0.25, 0.3) is 10.8 Å². The van der Waals surface area contributed by atoms with Crippen molar-refractivity contribution in [2.75, 3.05) is 0 Å². The van der Waals surface area contributed by atoms with E-state index in [1.54, 1.807) is 11.3 Å². The van der Waals surface area contributed by atoms with E-state index in [0.29, 0.717) is 0 Å². The van der Waals surface area contributed by atoms with Crippen LogP contribution in [0.2, 0.25) is 0 Å². The zero-order valence-corrected chi connectivity index (χ0v) is 14.0. The summed E-state index contributed by atoms with van der Waals surface area (Å²) in [4.78, 5) is 0. The van der Waals surface area contributed by atoms with E-state index in [1.807, 2.05) is 35.7 Å². The second kappa shape index (κ2) is 5.04. The quantitative estimate of drug-likeness (QED) is 0.564. The number of benzene rings is 2. The summed E-state index contributed by atoms with van der Waals surface area (Å²) in [5, 5.41) is 4.41. The summed E-state index contributed by atoms with van der Waals surface area (Å²) in [6.07, 6.45) is 0. The maximum absolute atomic E-state index is 6.77. The molecule has 0 aliphatic carbocycles. The molecule has 1 aromatic heterocycles. The zero-order chi connectivity index (χ0) is 12.6. The summed E-state index contributed by atoms with van der Waals surface area (Å²) in [5.41, 5.74) is 0. The molecule has 4 heteroatoms. The van der Waals surface area contributed by atoms with Crippen LogP contribution in [0.3, 0.4) is 0 Å². The van der Waals surface area contributed by atoms with E-state index in [9.17, 15) is 0 Å². The van der Waals surface area contributed by atoms with Crippen LogP contribution in [0.5, 0.6) is 0 Å². The summed E-state index contributed by atoms with van der Waals surface area (Å²) < 4.78 is 2.26. The van der Waals surface area contributed by atoms with Gasteiger partial charge in [-0.1, -0.05) is 0 Å². The molecule has 0 amide bonds. The average Bonchev–Trinajstić information content (AvgIpc) is 2.92. The van der Waals surface area contributed by atoms with Crippen molar-refractivity contribution < 1.29 is 0 Å². The van der Waals surface area contributed by atoms with E-state index in [0.717, 1.165) is 6.54 Å². The minimum atomic E-state index is -3.20. The number of thiophene rings is 1. The van der Waals surface area contributed by atoms with E-state index < -0.39 is 15.9 Å². The van der Waals surface area contributed by atoms with Gasteiger partial charge in [0.15, 0.2) is 0 Å². The molecule has 0 spiro atoms. The molecule has 0 radical (unpaired) electrons. The molecule has 3 rings (SSSR count). The summed E-state index contributed by atoms with van der Waals surface area (Å²) in [6.45, 7) is 0.